The Kier molecular flexibility index (Phi) is 3.00. The molecule has 2 aromatic rings. The van der Waals surface area contributed by atoms with Gasteiger partial charge >= 0.3 is 0 Å². The number of benzene rings is 1. The van der Waals surface area contributed by atoms with Crippen molar-refractivity contribution in [1.82, 2.24) is 10.3 Å². The number of hydrogen-bond acceptors (Lipinski definition) is 2. The Morgan fingerprint density at radius 3 is 3.00 bits per heavy atom. The molecule has 1 unspecified atom stereocenters. The maximum Gasteiger partial charge on any atom is 0.230 e. The second-order valence-corrected chi connectivity index (χ2v) is 6.18. The largest absolute Gasteiger partial charge is 0.376 e. The molecule has 1 atom stereocenters. The number of H-pyrrole nitrogens is 1. The van der Waals surface area contributed by atoms with Crippen molar-refractivity contribution in [2.75, 3.05) is 13.2 Å². The van der Waals surface area contributed by atoms with Crippen molar-refractivity contribution >= 4 is 16.8 Å². The van der Waals surface area contributed by atoms with E-state index in [1.54, 1.807) is 0 Å². The Balaban J connectivity index is 1.54. The molecule has 1 saturated carbocycles. The van der Waals surface area contributed by atoms with Gasteiger partial charge in [-0.25, -0.2) is 0 Å². The maximum atomic E-state index is 12.6. The van der Waals surface area contributed by atoms with Gasteiger partial charge in [0.2, 0.25) is 5.91 Å². The van der Waals surface area contributed by atoms with Gasteiger partial charge in [-0.2, -0.15) is 0 Å². The topological polar surface area (TPSA) is 54.1 Å². The summed E-state index contributed by atoms with van der Waals surface area (Å²) in [5.41, 5.74) is 1.92. The molecule has 1 amide bonds. The van der Waals surface area contributed by atoms with Crippen molar-refractivity contribution in [3.63, 3.8) is 0 Å². The highest BCUT2D eigenvalue weighted by Gasteiger charge is 2.52. The zero-order valence-corrected chi connectivity index (χ0v) is 12.0. The number of aromatic nitrogens is 1. The highest BCUT2D eigenvalue weighted by molar-refractivity contribution is 5.97. The number of para-hydroxylation sites is 1. The van der Waals surface area contributed by atoms with E-state index in [0.29, 0.717) is 6.54 Å². The van der Waals surface area contributed by atoms with Gasteiger partial charge in [0.1, 0.15) is 0 Å². The first-order valence-electron chi connectivity index (χ1n) is 7.76. The summed E-state index contributed by atoms with van der Waals surface area (Å²) in [6.45, 7) is 1.47. The number of nitrogens with one attached hydrogen (secondary N) is 2. The van der Waals surface area contributed by atoms with E-state index >= 15 is 0 Å². The number of rotatable bonds is 4. The lowest BCUT2D eigenvalue weighted by Gasteiger charge is -2.17. The lowest BCUT2D eigenvalue weighted by atomic mass is 9.94. The molecule has 2 N–H and O–H groups in total. The van der Waals surface area contributed by atoms with Crippen LogP contribution in [0.2, 0.25) is 0 Å². The van der Waals surface area contributed by atoms with Crippen LogP contribution in [0.25, 0.3) is 10.9 Å². The van der Waals surface area contributed by atoms with Crippen LogP contribution in [-0.2, 0) is 14.9 Å². The average Bonchev–Trinajstić information content (AvgIpc) is 2.98. The lowest BCUT2D eigenvalue weighted by Crippen LogP contribution is -2.39. The molecule has 1 aliphatic carbocycles. The van der Waals surface area contributed by atoms with Gasteiger partial charge in [0.25, 0.3) is 0 Å². The van der Waals surface area contributed by atoms with Crippen molar-refractivity contribution in [3.05, 3.63) is 36.0 Å². The van der Waals surface area contributed by atoms with E-state index in [4.69, 9.17) is 4.74 Å². The third-order valence-electron chi connectivity index (χ3n) is 4.80. The summed E-state index contributed by atoms with van der Waals surface area (Å²) in [5, 5.41) is 4.27. The number of aromatic amines is 1. The van der Waals surface area contributed by atoms with Crippen LogP contribution in [0.5, 0.6) is 0 Å². The van der Waals surface area contributed by atoms with Crippen molar-refractivity contribution in [2.24, 2.45) is 0 Å². The quantitative estimate of drug-likeness (QED) is 0.906. The fraction of sp³-hybridized carbons (Fsp3) is 0.471. The van der Waals surface area contributed by atoms with Crippen LogP contribution in [0.3, 0.4) is 0 Å². The Morgan fingerprint density at radius 2 is 2.24 bits per heavy atom. The molecule has 1 aromatic carbocycles. The molecule has 21 heavy (non-hydrogen) atoms. The van der Waals surface area contributed by atoms with E-state index < -0.39 is 0 Å². The SMILES string of the molecule is O=C(NCC1CCCO1)C1(c2c[nH]c3ccccc23)CC1. The monoisotopic (exact) mass is 284 g/mol. The summed E-state index contributed by atoms with van der Waals surface area (Å²) in [5.74, 6) is 0.155. The zero-order chi connectivity index (χ0) is 14.3. The van der Waals surface area contributed by atoms with E-state index in [1.165, 1.54) is 5.39 Å². The van der Waals surface area contributed by atoms with Gasteiger partial charge in [0.15, 0.2) is 0 Å². The van der Waals surface area contributed by atoms with Gasteiger partial charge in [-0.15, -0.1) is 0 Å². The summed E-state index contributed by atoms with van der Waals surface area (Å²) in [6, 6.07) is 8.19. The van der Waals surface area contributed by atoms with E-state index in [2.05, 4.69) is 22.4 Å². The third-order valence-corrected chi connectivity index (χ3v) is 4.80. The normalized spacial score (nSPS) is 23.3. The number of fused-ring (bicyclic) bond motifs is 1. The van der Waals surface area contributed by atoms with Crippen LogP contribution in [0.1, 0.15) is 31.2 Å². The van der Waals surface area contributed by atoms with Crippen molar-refractivity contribution in [1.29, 1.82) is 0 Å². The number of hydrogen-bond donors (Lipinski definition) is 2. The second kappa shape index (κ2) is 4.88. The van der Waals surface area contributed by atoms with Crippen molar-refractivity contribution < 1.29 is 9.53 Å². The smallest absolute Gasteiger partial charge is 0.230 e. The van der Waals surface area contributed by atoms with Gasteiger partial charge in [-0.3, -0.25) is 4.79 Å². The molecule has 2 heterocycles. The molecule has 110 valence electrons. The first-order chi connectivity index (χ1) is 10.3. The third kappa shape index (κ3) is 2.14. The predicted octanol–water partition coefficient (Wildman–Crippen LogP) is 2.49. The number of amides is 1. The van der Waals surface area contributed by atoms with Gasteiger partial charge in [-0.1, -0.05) is 18.2 Å². The standard InChI is InChI=1S/C17H20N2O2/c20-16(19-10-12-4-3-9-21-12)17(7-8-17)14-11-18-15-6-2-1-5-13(14)15/h1-2,5-6,11-12,18H,3-4,7-10H2,(H,19,20). The summed E-state index contributed by atoms with van der Waals surface area (Å²) in [7, 11) is 0. The molecule has 1 aromatic heterocycles. The summed E-state index contributed by atoms with van der Waals surface area (Å²) >= 11 is 0. The van der Waals surface area contributed by atoms with Crippen LogP contribution in [0.4, 0.5) is 0 Å². The van der Waals surface area contributed by atoms with Gasteiger partial charge in [0, 0.05) is 30.3 Å². The van der Waals surface area contributed by atoms with Crippen molar-refractivity contribution in [2.45, 2.75) is 37.2 Å². The maximum absolute atomic E-state index is 12.6. The molecular weight excluding hydrogens is 264 g/mol. The summed E-state index contributed by atoms with van der Waals surface area (Å²) in [6.07, 6.45) is 6.24. The van der Waals surface area contributed by atoms with Crippen LogP contribution in [0, 0.1) is 0 Å². The minimum Gasteiger partial charge on any atom is -0.376 e. The van der Waals surface area contributed by atoms with E-state index in [1.807, 2.05) is 18.3 Å². The van der Waals surface area contributed by atoms with Crippen LogP contribution < -0.4 is 5.32 Å². The number of carbonyl (C=O) groups is 1. The second-order valence-electron chi connectivity index (χ2n) is 6.18. The highest BCUT2D eigenvalue weighted by atomic mass is 16.5. The molecule has 4 nitrogen and oxygen atoms in total. The van der Waals surface area contributed by atoms with Gasteiger partial charge in [-0.05, 0) is 37.3 Å². The summed E-state index contributed by atoms with van der Waals surface area (Å²) < 4.78 is 5.58. The number of carbonyl (C=O) groups excluding carboxylic acids is 1. The van der Waals surface area contributed by atoms with Gasteiger partial charge < -0.3 is 15.0 Å². The Morgan fingerprint density at radius 1 is 1.38 bits per heavy atom. The van der Waals surface area contributed by atoms with E-state index in [-0.39, 0.29) is 17.4 Å². The van der Waals surface area contributed by atoms with E-state index in [9.17, 15) is 4.79 Å². The molecule has 2 aliphatic rings. The first-order valence-corrected chi connectivity index (χ1v) is 7.76. The van der Waals surface area contributed by atoms with Gasteiger partial charge in [0.05, 0.1) is 11.5 Å². The molecule has 1 aliphatic heterocycles. The number of ether oxygens (including phenoxy) is 1. The van der Waals surface area contributed by atoms with E-state index in [0.717, 1.165) is 43.4 Å². The Bertz CT molecular complexity index is 666. The zero-order valence-electron chi connectivity index (χ0n) is 12.0. The first kappa shape index (κ1) is 12.9. The molecule has 0 spiro atoms. The van der Waals surface area contributed by atoms with Crippen LogP contribution in [0.15, 0.2) is 30.5 Å². The molecule has 0 radical (unpaired) electrons. The molecular formula is C17H20N2O2. The predicted molar refractivity (Wildman–Crippen MR) is 81.2 cm³/mol. The average molecular weight is 284 g/mol. The summed E-state index contributed by atoms with van der Waals surface area (Å²) in [4.78, 5) is 15.9. The molecule has 4 rings (SSSR count). The highest BCUT2D eigenvalue weighted by Crippen LogP contribution is 2.50. The Hall–Kier alpha value is -1.81. The molecule has 1 saturated heterocycles. The fourth-order valence-corrected chi connectivity index (χ4v) is 3.39. The minimum absolute atomic E-state index is 0.155. The van der Waals surface area contributed by atoms with Crippen LogP contribution in [-0.4, -0.2) is 30.1 Å². The lowest BCUT2D eigenvalue weighted by molar-refractivity contribution is -0.124. The minimum atomic E-state index is -0.321. The Labute approximate surface area is 123 Å². The molecule has 4 heteroatoms. The van der Waals surface area contributed by atoms with Crippen LogP contribution >= 0.6 is 0 Å². The fourth-order valence-electron chi connectivity index (χ4n) is 3.39. The molecule has 2 fully saturated rings. The van der Waals surface area contributed by atoms with Crippen molar-refractivity contribution in [3.8, 4) is 0 Å². The molecule has 0 bridgehead atoms.